The SMILES string of the molecule is CNC(=O)Nc1cccc(NC(=O)C2(c3ccccc3)CCC2)c1. The van der Waals surface area contributed by atoms with Gasteiger partial charge in [-0.25, -0.2) is 4.79 Å². The van der Waals surface area contributed by atoms with Crippen LogP contribution >= 0.6 is 0 Å². The van der Waals surface area contributed by atoms with Crippen molar-refractivity contribution in [3.05, 3.63) is 60.2 Å². The monoisotopic (exact) mass is 323 g/mol. The van der Waals surface area contributed by atoms with Gasteiger partial charge in [0.2, 0.25) is 5.91 Å². The largest absolute Gasteiger partial charge is 0.341 e. The summed E-state index contributed by atoms with van der Waals surface area (Å²) in [6, 6.07) is 16.8. The molecule has 2 aromatic rings. The lowest BCUT2D eigenvalue weighted by molar-refractivity contribution is -0.124. The number of anilines is 2. The van der Waals surface area contributed by atoms with Crippen LogP contribution in [0, 0.1) is 0 Å². The molecule has 124 valence electrons. The van der Waals surface area contributed by atoms with Crippen LogP contribution in [-0.4, -0.2) is 19.0 Å². The maximum atomic E-state index is 12.9. The Morgan fingerprint density at radius 2 is 1.58 bits per heavy atom. The Balaban J connectivity index is 1.77. The van der Waals surface area contributed by atoms with Crippen molar-refractivity contribution in [1.29, 1.82) is 0 Å². The van der Waals surface area contributed by atoms with Gasteiger partial charge in [-0.1, -0.05) is 42.8 Å². The van der Waals surface area contributed by atoms with E-state index in [2.05, 4.69) is 16.0 Å². The lowest BCUT2D eigenvalue weighted by Crippen LogP contribution is -2.45. The van der Waals surface area contributed by atoms with Crippen LogP contribution in [0.25, 0.3) is 0 Å². The van der Waals surface area contributed by atoms with Crippen LogP contribution < -0.4 is 16.0 Å². The van der Waals surface area contributed by atoms with E-state index in [4.69, 9.17) is 0 Å². The van der Waals surface area contributed by atoms with Crippen LogP contribution in [0.2, 0.25) is 0 Å². The van der Waals surface area contributed by atoms with E-state index in [1.54, 1.807) is 25.2 Å². The average molecular weight is 323 g/mol. The molecule has 0 spiro atoms. The van der Waals surface area contributed by atoms with Gasteiger partial charge in [-0.3, -0.25) is 4.79 Å². The van der Waals surface area contributed by atoms with E-state index in [-0.39, 0.29) is 11.9 Å². The highest BCUT2D eigenvalue weighted by atomic mass is 16.2. The molecular weight excluding hydrogens is 302 g/mol. The predicted octanol–water partition coefficient (Wildman–Crippen LogP) is 3.50. The lowest BCUT2D eigenvalue weighted by Gasteiger charge is -2.40. The molecule has 5 nitrogen and oxygen atoms in total. The second-order valence-corrected chi connectivity index (χ2v) is 6.04. The molecular formula is C19H21N3O2. The van der Waals surface area contributed by atoms with Crippen LogP contribution in [0.15, 0.2) is 54.6 Å². The molecule has 3 amide bonds. The van der Waals surface area contributed by atoms with Crippen LogP contribution in [0.5, 0.6) is 0 Å². The Labute approximate surface area is 141 Å². The first-order chi connectivity index (χ1) is 11.6. The minimum absolute atomic E-state index is 0.0112. The second kappa shape index (κ2) is 6.74. The van der Waals surface area contributed by atoms with Gasteiger partial charge in [-0.2, -0.15) is 0 Å². The summed E-state index contributed by atoms with van der Waals surface area (Å²) in [5, 5.41) is 8.21. The zero-order valence-electron chi connectivity index (χ0n) is 13.6. The first-order valence-electron chi connectivity index (χ1n) is 8.10. The molecule has 0 bridgehead atoms. The van der Waals surface area contributed by atoms with Gasteiger partial charge in [-0.05, 0) is 36.6 Å². The van der Waals surface area contributed by atoms with E-state index >= 15 is 0 Å². The molecule has 5 heteroatoms. The van der Waals surface area contributed by atoms with Gasteiger partial charge < -0.3 is 16.0 Å². The fraction of sp³-hybridized carbons (Fsp3) is 0.263. The average Bonchev–Trinajstić information content (AvgIpc) is 2.55. The van der Waals surface area contributed by atoms with E-state index in [9.17, 15) is 9.59 Å². The normalized spacial score (nSPS) is 15.0. The molecule has 0 radical (unpaired) electrons. The van der Waals surface area contributed by atoms with E-state index in [1.807, 2.05) is 36.4 Å². The van der Waals surface area contributed by atoms with Gasteiger partial charge in [0.25, 0.3) is 0 Å². The molecule has 1 fully saturated rings. The number of rotatable bonds is 4. The number of carbonyl (C=O) groups excluding carboxylic acids is 2. The molecule has 0 aliphatic heterocycles. The minimum Gasteiger partial charge on any atom is -0.341 e. The highest BCUT2D eigenvalue weighted by Crippen LogP contribution is 2.44. The summed E-state index contributed by atoms with van der Waals surface area (Å²) >= 11 is 0. The third-order valence-electron chi connectivity index (χ3n) is 4.57. The Kier molecular flexibility index (Phi) is 4.51. The molecule has 2 aromatic carbocycles. The van der Waals surface area contributed by atoms with E-state index in [1.165, 1.54) is 0 Å². The number of urea groups is 1. The summed E-state index contributed by atoms with van der Waals surface area (Å²) in [6.07, 6.45) is 2.78. The van der Waals surface area contributed by atoms with Gasteiger partial charge in [0.1, 0.15) is 0 Å². The molecule has 0 heterocycles. The molecule has 3 rings (SSSR count). The fourth-order valence-electron chi connectivity index (χ4n) is 3.05. The molecule has 24 heavy (non-hydrogen) atoms. The standard InChI is InChI=1S/C19H21N3O2/c1-20-18(24)22-16-10-5-9-15(13-16)21-17(23)19(11-6-12-19)14-7-3-2-4-8-14/h2-5,7-10,13H,6,11-12H2,1H3,(H,21,23)(H2,20,22,24). The number of amides is 3. The zero-order chi connectivity index (χ0) is 17.0. The predicted molar refractivity (Wildman–Crippen MR) is 95.1 cm³/mol. The van der Waals surface area contributed by atoms with Crippen LogP contribution in [0.3, 0.4) is 0 Å². The minimum atomic E-state index is -0.439. The van der Waals surface area contributed by atoms with Crippen LogP contribution in [0.4, 0.5) is 16.2 Å². The van der Waals surface area contributed by atoms with Crippen molar-refractivity contribution in [1.82, 2.24) is 5.32 Å². The molecule has 0 aromatic heterocycles. The summed E-state index contributed by atoms with van der Waals surface area (Å²) in [5.74, 6) is 0.0112. The summed E-state index contributed by atoms with van der Waals surface area (Å²) < 4.78 is 0. The number of hydrogen-bond acceptors (Lipinski definition) is 2. The van der Waals surface area contributed by atoms with Crippen LogP contribution in [-0.2, 0) is 10.2 Å². The molecule has 1 aliphatic rings. The van der Waals surface area contributed by atoms with Crippen LogP contribution in [0.1, 0.15) is 24.8 Å². The molecule has 0 unspecified atom stereocenters. The number of nitrogens with one attached hydrogen (secondary N) is 3. The molecule has 0 saturated heterocycles. The fourth-order valence-corrected chi connectivity index (χ4v) is 3.05. The van der Waals surface area contributed by atoms with Gasteiger partial charge in [0, 0.05) is 18.4 Å². The van der Waals surface area contributed by atoms with Gasteiger partial charge in [-0.15, -0.1) is 0 Å². The number of carbonyl (C=O) groups is 2. The van der Waals surface area contributed by atoms with E-state index < -0.39 is 5.41 Å². The first kappa shape index (κ1) is 16.1. The summed E-state index contributed by atoms with van der Waals surface area (Å²) in [7, 11) is 1.56. The Hall–Kier alpha value is -2.82. The summed E-state index contributed by atoms with van der Waals surface area (Å²) in [4.78, 5) is 24.3. The summed E-state index contributed by atoms with van der Waals surface area (Å²) in [6.45, 7) is 0. The molecule has 0 atom stereocenters. The Morgan fingerprint density at radius 1 is 0.917 bits per heavy atom. The van der Waals surface area contributed by atoms with Crippen molar-refractivity contribution in [2.24, 2.45) is 0 Å². The van der Waals surface area contributed by atoms with E-state index in [0.29, 0.717) is 11.4 Å². The highest BCUT2D eigenvalue weighted by molar-refractivity contribution is 6.00. The first-order valence-corrected chi connectivity index (χ1v) is 8.10. The topological polar surface area (TPSA) is 70.2 Å². The number of benzene rings is 2. The van der Waals surface area contributed by atoms with Crippen molar-refractivity contribution >= 4 is 23.3 Å². The maximum absolute atomic E-state index is 12.9. The van der Waals surface area contributed by atoms with Gasteiger partial charge in [0.15, 0.2) is 0 Å². The van der Waals surface area contributed by atoms with E-state index in [0.717, 1.165) is 24.8 Å². The Bertz CT molecular complexity index is 739. The summed E-state index contributed by atoms with van der Waals surface area (Å²) in [5.41, 5.74) is 1.94. The quantitative estimate of drug-likeness (QED) is 0.806. The number of hydrogen-bond donors (Lipinski definition) is 3. The molecule has 1 saturated carbocycles. The zero-order valence-corrected chi connectivity index (χ0v) is 13.6. The highest BCUT2D eigenvalue weighted by Gasteiger charge is 2.45. The van der Waals surface area contributed by atoms with Gasteiger partial charge >= 0.3 is 6.03 Å². The lowest BCUT2D eigenvalue weighted by atomic mass is 9.64. The Morgan fingerprint density at radius 3 is 2.17 bits per heavy atom. The van der Waals surface area contributed by atoms with Crippen molar-refractivity contribution in [3.63, 3.8) is 0 Å². The van der Waals surface area contributed by atoms with Crippen molar-refractivity contribution in [3.8, 4) is 0 Å². The molecule has 1 aliphatic carbocycles. The second-order valence-electron chi connectivity index (χ2n) is 6.04. The molecule has 3 N–H and O–H groups in total. The van der Waals surface area contributed by atoms with Gasteiger partial charge in [0.05, 0.1) is 5.41 Å². The third-order valence-corrected chi connectivity index (χ3v) is 4.57. The maximum Gasteiger partial charge on any atom is 0.318 e. The van der Waals surface area contributed by atoms with Crippen molar-refractivity contribution in [2.75, 3.05) is 17.7 Å². The third kappa shape index (κ3) is 3.11. The van der Waals surface area contributed by atoms with Crippen molar-refractivity contribution in [2.45, 2.75) is 24.7 Å². The smallest absolute Gasteiger partial charge is 0.318 e. The van der Waals surface area contributed by atoms with Crippen molar-refractivity contribution < 1.29 is 9.59 Å².